The van der Waals surface area contributed by atoms with Crippen LogP contribution >= 0.6 is 23.1 Å². The van der Waals surface area contributed by atoms with Gasteiger partial charge in [-0.2, -0.15) is 24.9 Å². The summed E-state index contributed by atoms with van der Waals surface area (Å²) in [6, 6.07) is 2.36. The topological polar surface area (TPSA) is 58.5 Å². The van der Waals surface area contributed by atoms with Gasteiger partial charge in [-0.25, -0.2) is 8.42 Å². The molecule has 0 radical (unpaired) electrons. The van der Waals surface area contributed by atoms with Crippen molar-refractivity contribution in [2.45, 2.75) is 15.6 Å². The number of thiophene rings is 1. The molecular formula is C13H15F3N2O2S3. The number of nitrogens with zero attached hydrogens (tertiary/aromatic N) is 1. The third kappa shape index (κ3) is 4.74. The van der Waals surface area contributed by atoms with Crippen molar-refractivity contribution in [3.8, 4) is 0 Å². The first-order valence-electron chi connectivity index (χ1n) is 6.51. The van der Waals surface area contributed by atoms with Gasteiger partial charge < -0.3 is 5.32 Å². The van der Waals surface area contributed by atoms with Crippen LogP contribution < -0.4 is 5.32 Å². The molecule has 0 saturated carbocycles. The summed E-state index contributed by atoms with van der Waals surface area (Å²) in [5, 5.41) is 3.10. The minimum Gasteiger partial charge on any atom is -0.369 e. The number of aliphatic imine (C=N–C) groups is 1. The molecule has 1 aliphatic rings. The highest BCUT2D eigenvalue weighted by molar-refractivity contribution is 7.99. The number of hydrogen-bond donors (Lipinski definition) is 1. The van der Waals surface area contributed by atoms with E-state index in [-0.39, 0.29) is 20.2 Å². The Labute approximate surface area is 140 Å². The zero-order valence-corrected chi connectivity index (χ0v) is 14.8. The Morgan fingerprint density at radius 2 is 2.17 bits per heavy atom. The molecule has 0 fully saturated rings. The fourth-order valence-corrected chi connectivity index (χ4v) is 4.32. The highest BCUT2D eigenvalue weighted by Crippen LogP contribution is 2.38. The van der Waals surface area contributed by atoms with Crippen molar-refractivity contribution in [3.63, 3.8) is 0 Å². The molecule has 1 aliphatic heterocycles. The first kappa shape index (κ1) is 18.3. The Kier molecular flexibility index (Phi) is 5.47. The van der Waals surface area contributed by atoms with Gasteiger partial charge in [0.2, 0.25) is 0 Å². The number of allylic oxidation sites excluding steroid dienone is 1. The highest BCUT2D eigenvalue weighted by Gasteiger charge is 2.36. The Bertz CT molecular complexity index is 736. The summed E-state index contributed by atoms with van der Waals surface area (Å²) >= 11 is 2.20. The summed E-state index contributed by atoms with van der Waals surface area (Å²) in [5.74, 6) is 0.164. The highest BCUT2D eigenvalue weighted by atomic mass is 32.2. The maximum atomic E-state index is 13.3. The molecule has 1 N–H and O–H groups in total. The van der Waals surface area contributed by atoms with Crippen LogP contribution in [0, 0.1) is 0 Å². The first-order valence-corrected chi connectivity index (χ1v) is 10.5. The van der Waals surface area contributed by atoms with Crippen LogP contribution in [0.15, 0.2) is 27.4 Å². The normalized spacial score (nSPS) is 20.1. The number of alkyl halides is 3. The molecule has 1 aromatic rings. The molecule has 0 saturated heterocycles. The lowest BCUT2D eigenvalue weighted by atomic mass is 10.2. The van der Waals surface area contributed by atoms with E-state index in [0.29, 0.717) is 24.4 Å². The van der Waals surface area contributed by atoms with Gasteiger partial charge in [-0.15, -0.1) is 11.3 Å². The van der Waals surface area contributed by atoms with E-state index in [1.54, 1.807) is 11.8 Å². The summed E-state index contributed by atoms with van der Waals surface area (Å²) in [5.41, 5.74) is -0.897. The van der Waals surface area contributed by atoms with E-state index in [1.165, 1.54) is 12.1 Å². The largest absolute Gasteiger partial charge is 0.417 e. The average Bonchev–Trinajstić information content (AvgIpc) is 2.93. The summed E-state index contributed by atoms with van der Waals surface area (Å²) in [6.45, 7) is 0.991. The lowest BCUT2D eigenvalue weighted by Gasteiger charge is -2.20. The molecule has 0 spiro atoms. The van der Waals surface area contributed by atoms with E-state index in [0.717, 1.165) is 12.3 Å². The first-order chi connectivity index (χ1) is 10.6. The van der Waals surface area contributed by atoms with E-state index >= 15 is 0 Å². The smallest absolute Gasteiger partial charge is 0.369 e. The maximum Gasteiger partial charge on any atom is 0.417 e. The fourth-order valence-electron chi connectivity index (χ4n) is 1.89. The van der Waals surface area contributed by atoms with Crippen LogP contribution in [-0.2, 0) is 9.84 Å². The molecule has 0 bridgehead atoms. The van der Waals surface area contributed by atoms with Crippen LogP contribution in [0.3, 0.4) is 0 Å². The Morgan fingerprint density at radius 3 is 2.61 bits per heavy atom. The summed E-state index contributed by atoms with van der Waals surface area (Å²) in [7, 11) is -3.53. The number of rotatable bonds is 4. The Morgan fingerprint density at radius 1 is 1.48 bits per heavy atom. The quantitative estimate of drug-likeness (QED) is 0.867. The average molecular weight is 384 g/mol. The van der Waals surface area contributed by atoms with Gasteiger partial charge in [0, 0.05) is 22.9 Å². The molecule has 1 aromatic heterocycles. The number of sulfone groups is 1. The van der Waals surface area contributed by atoms with Crippen molar-refractivity contribution in [1.29, 1.82) is 0 Å². The van der Waals surface area contributed by atoms with Gasteiger partial charge in [0.15, 0.2) is 9.84 Å². The van der Waals surface area contributed by atoms with E-state index in [4.69, 9.17) is 0 Å². The summed E-state index contributed by atoms with van der Waals surface area (Å²) in [4.78, 5) is 3.97. The van der Waals surface area contributed by atoms with Crippen LogP contribution in [0.4, 0.5) is 13.2 Å². The molecule has 1 atom stereocenters. The van der Waals surface area contributed by atoms with Crippen LogP contribution in [-0.4, -0.2) is 51.3 Å². The van der Waals surface area contributed by atoms with E-state index in [2.05, 4.69) is 10.3 Å². The molecule has 10 heteroatoms. The fraction of sp³-hybridized carbons (Fsp3) is 0.462. The summed E-state index contributed by atoms with van der Waals surface area (Å²) in [6.07, 6.45) is -0.772. The van der Waals surface area contributed by atoms with Crippen molar-refractivity contribution in [2.75, 3.05) is 25.6 Å². The van der Waals surface area contributed by atoms with Crippen LogP contribution in [0.2, 0.25) is 0 Å². The molecule has 2 rings (SSSR count). The van der Waals surface area contributed by atoms with Crippen LogP contribution in [0.1, 0.15) is 4.88 Å². The lowest BCUT2D eigenvalue weighted by Crippen LogP contribution is -2.36. The molecule has 0 aliphatic carbocycles. The van der Waals surface area contributed by atoms with Crippen molar-refractivity contribution in [3.05, 3.63) is 23.1 Å². The Balaban J connectivity index is 2.37. The molecule has 23 heavy (non-hydrogen) atoms. The molecular weight excluding hydrogens is 369 g/mol. The van der Waals surface area contributed by atoms with E-state index < -0.39 is 21.6 Å². The van der Waals surface area contributed by atoms with Gasteiger partial charge in [0.25, 0.3) is 0 Å². The molecule has 4 nitrogen and oxygen atoms in total. The Hall–Kier alpha value is -1.00. The minimum absolute atomic E-state index is 0.0939. The molecule has 1 unspecified atom stereocenters. The summed E-state index contributed by atoms with van der Waals surface area (Å²) < 4.78 is 62.7. The number of halogens is 3. The van der Waals surface area contributed by atoms with E-state index in [9.17, 15) is 21.6 Å². The predicted molar refractivity (Wildman–Crippen MR) is 89.1 cm³/mol. The zero-order chi connectivity index (χ0) is 17.3. The second-order valence-corrected chi connectivity index (χ2v) is 9.38. The lowest BCUT2D eigenvalue weighted by molar-refractivity contribution is -0.0686. The van der Waals surface area contributed by atoms with Crippen molar-refractivity contribution >= 4 is 44.3 Å². The number of amidine groups is 1. The van der Waals surface area contributed by atoms with Gasteiger partial charge in [-0.3, -0.25) is 4.99 Å². The van der Waals surface area contributed by atoms with Crippen molar-refractivity contribution in [2.24, 2.45) is 4.99 Å². The second kappa shape index (κ2) is 6.86. The van der Waals surface area contributed by atoms with Gasteiger partial charge in [0.1, 0.15) is 10.0 Å². The van der Waals surface area contributed by atoms with Crippen LogP contribution in [0.25, 0.3) is 5.57 Å². The molecule has 0 amide bonds. The minimum atomic E-state index is -4.60. The van der Waals surface area contributed by atoms with Gasteiger partial charge in [-0.05, 0) is 24.5 Å². The van der Waals surface area contributed by atoms with E-state index in [1.807, 2.05) is 6.26 Å². The van der Waals surface area contributed by atoms with Crippen molar-refractivity contribution < 1.29 is 21.6 Å². The van der Waals surface area contributed by atoms with Gasteiger partial charge in [-0.1, -0.05) is 0 Å². The third-order valence-electron chi connectivity index (χ3n) is 3.11. The predicted octanol–water partition coefficient (Wildman–Crippen LogP) is 2.83. The molecule has 128 valence electrons. The zero-order valence-electron chi connectivity index (χ0n) is 12.3. The van der Waals surface area contributed by atoms with Crippen LogP contribution in [0.5, 0.6) is 0 Å². The molecule has 0 aromatic carbocycles. The second-order valence-electron chi connectivity index (χ2n) is 4.91. The number of nitrogens with one attached hydrogen (secondary N) is 1. The third-order valence-corrected chi connectivity index (χ3v) is 7.03. The monoisotopic (exact) mass is 384 g/mol. The van der Waals surface area contributed by atoms with Crippen molar-refractivity contribution in [1.82, 2.24) is 5.32 Å². The van der Waals surface area contributed by atoms with Gasteiger partial charge >= 0.3 is 6.18 Å². The number of thioether (sulfide) groups is 1. The molecule has 2 heterocycles. The number of hydrogen-bond acceptors (Lipinski definition) is 6. The maximum absolute atomic E-state index is 13.3. The standard InChI is InChI=1S/C13H15F3N2O2S3/c1-21-8-6-17-11(18-7-8)5-9(13(14,15)16)10-3-4-12(22-10)23(2,19)20/h3-5,8H,6-7H2,1-2H3,(H,17,18). The van der Waals surface area contributed by atoms with Gasteiger partial charge in [0.05, 0.1) is 12.1 Å². The SMILES string of the molecule is CSC1CN=C(C=C(c2ccc(S(C)(=O)=O)s2)C(F)(F)F)NC1.